The zero-order valence-corrected chi connectivity index (χ0v) is 17.8. The number of rotatable bonds is 6. The second kappa shape index (κ2) is 8.27. The summed E-state index contributed by atoms with van der Waals surface area (Å²) in [5.41, 5.74) is 2.03. The number of halogens is 1. The van der Waals surface area contributed by atoms with Crippen LogP contribution in [0.5, 0.6) is 0 Å². The molecule has 2 amide bonds. The first-order valence-corrected chi connectivity index (χ1v) is 11.2. The number of benzene rings is 1. The maximum absolute atomic E-state index is 13.5. The highest BCUT2D eigenvalue weighted by Gasteiger charge is 2.38. The molecular weight excluding hydrogens is 387 g/mol. The van der Waals surface area contributed by atoms with E-state index in [1.807, 2.05) is 18.7 Å². The van der Waals surface area contributed by atoms with Crippen molar-refractivity contribution < 1.29 is 14.0 Å². The number of hydrogen-bond donors (Lipinski definition) is 0. The SMILES string of the molecule is CC(C)CC(=O)N(CC(=O)N1CCc2sccc2C1c1ccc(F)cc1)C1CC1. The Kier molecular flexibility index (Phi) is 5.72. The molecule has 1 aromatic heterocycles. The molecule has 1 aromatic carbocycles. The lowest BCUT2D eigenvalue weighted by Gasteiger charge is -2.37. The minimum absolute atomic E-state index is 0.0276. The summed E-state index contributed by atoms with van der Waals surface area (Å²) >= 11 is 1.70. The van der Waals surface area contributed by atoms with E-state index >= 15 is 0 Å². The molecule has 1 aliphatic heterocycles. The Balaban J connectivity index is 1.59. The second-order valence-corrected chi connectivity index (χ2v) is 9.44. The molecule has 0 spiro atoms. The van der Waals surface area contributed by atoms with E-state index in [4.69, 9.17) is 0 Å². The lowest BCUT2D eigenvalue weighted by atomic mass is 9.93. The molecule has 0 bridgehead atoms. The molecule has 1 unspecified atom stereocenters. The summed E-state index contributed by atoms with van der Waals surface area (Å²) in [7, 11) is 0. The maximum atomic E-state index is 13.5. The van der Waals surface area contributed by atoms with Crippen molar-refractivity contribution in [1.82, 2.24) is 9.80 Å². The van der Waals surface area contributed by atoms with E-state index in [1.165, 1.54) is 17.0 Å². The van der Waals surface area contributed by atoms with Crippen molar-refractivity contribution in [2.24, 2.45) is 5.92 Å². The van der Waals surface area contributed by atoms with Crippen molar-refractivity contribution in [3.05, 3.63) is 57.5 Å². The molecule has 4 rings (SSSR count). The van der Waals surface area contributed by atoms with Crippen LogP contribution in [-0.4, -0.2) is 40.7 Å². The number of thiophene rings is 1. The highest BCUT2D eigenvalue weighted by molar-refractivity contribution is 7.10. The Morgan fingerprint density at radius 2 is 1.93 bits per heavy atom. The lowest BCUT2D eigenvalue weighted by Crippen LogP contribution is -2.47. The van der Waals surface area contributed by atoms with E-state index in [2.05, 4.69) is 11.4 Å². The first-order chi connectivity index (χ1) is 13.9. The largest absolute Gasteiger partial charge is 0.330 e. The van der Waals surface area contributed by atoms with Crippen LogP contribution in [0.2, 0.25) is 0 Å². The highest BCUT2D eigenvalue weighted by Crippen LogP contribution is 2.38. The number of carbonyl (C=O) groups excluding carboxylic acids is 2. The van der Waals surface area contributed by atoms with Crippen LogP contribution in [0.25, 0.3) is 0 Å². The zero-order valence-electron chi connectivity index (χ0n) is 16.9. The number of fused-ring (bicyclic) bond motifs is 1. The van der Waals surface area contributed by atoms with Gasteiger partial charge in [0.2, 0.25) is 11.8 Å². The van der Waals surface area contributed by atoms with Gasteiger partial charge in [0.15, 0.2) is 0 Å². The Morgan fingerprint density at radius 1 is 1.21 bits per heavy atom. The van der Waals surface area contributed by atoms with Gasteiger partial charge in [0.25, 0.3) is 0 Å². The number of hydrogen-bond acceptors (Lipinski definition) is 3. The van der Waals surface area contributed by atoms with E-state index in [0.29, 0.717) is 13.0 Å². The average Bonchev–Trinajstić information content (AvgIpc) is 3.41. The number of carbonyl (C=O) groups is 2. The van der Waals surface area contributed by atoms with Gasteiger partial charge >= 0.3 is 0 Å². The molecule has 1 fully saturated rings. The molecule has 154 valence electrons. The van der Waals surface area contributed by atoms with Crippen LogP contribution in [0.15, 0.2) is 35.7 Å². The zero-order chi connectivity index (χ0) is 20.5. The van der Waals surface area contributed by atoms with E-state index in [9.17, 15) is 14.0 Å². The van der Waals surface area contributed by atoms with Gasteiger partial charge < -0.3 is 9.80 Å². The van der Waals surface area contributed by atoms with Crippen LogP contribution >= 0.6 is 11.3 Å². The molecule has 29 heavy (non-hydrogen) atoms. The summed E-state index contributed by atoms with van der Waals surface area (Å²) in [6, 6.07) is 8.46. The smallest absolute Gasteiger partial charge is 0.243 e. The molecule has 2 aromatic rings. The fourth-order valence-corrected chi connectivity index (χ4v) is 5.00. The monoisotopic (exact) mass is 414 g/mol. The predicted octanol–water partition coefficient (Wildman–Crippen LogP) is 4.40. The molecule has 1 atom stereocenters. The van der Waals surface area contributed by atoms with Crippen molar-refractivity contribution in [1.29, 1.82) is 0 Å². The van der Waals surface area contributed by atoms with Gasteiger partial charge in [-0.2, -0.15) is 0 Å². The van der Waals surface area contributed by atoms with Crippen LogP contribution in [0.1, 0.15) is 55.2 Å². The fraction of sp³-hybridized carbons (Fsp3) is 0.478. The standard InChI is InChI=1S/C23H27FN2O2S/c1-15(2)13-21(27)26(18-7-8-18)14-22(28)25-11-9-20-19(10-12-29-20)23(25)16-3-5-17(24)6-4-16/h3-6,10,12,15,18,23H,7-9,11,13-14H2,1-2H3. The topological polar surface area (TPSA) is 40.6 Å². The van der Waals surface area contributed by atoms with E-state index < -0.39 is 0 Å². The molecule has 0 saturated heterocycles. The molecule has 2 aliphatic rings. The summed E-state index contributed by atoms with van der Waals surface area (Å²) in [6.45, 7) is 4.80. The molecule has 4 nitrogen and oxygen atoms in total. The Bertz CT molecular complexity index is 889. The maximum Gasteiger partial charge on any atom is 0.243 e. The third-order valence-corrected chi connectivity index (χ3v) is 6.66. The predicted molar refractivity (Wildman–Crippen MR) is 112 cm³/mol. The van der Waals surface area contributed by atoms with Crippen molar-refractivity contribution in [2.45, 2.75) is 51.6 Å². The summed E-state index contributed by atoms with van der Waals surface area (Å²) in [4.78, 5) is 31.0. The lowest BCUT2D eigenvalue weighted by molar-refractivity contribution is -0.142. The van der Waals surface area contributed by atoms with Gasteiger partial charge in [-0.1, -0.05) is 26.0 Å². The van der Waals surface area contributed by atoms with E-state index in [0.717, 1.165) is 30.4 Å². The second-order valence-electron chi connectivity index (χ2n) is 8.44. The third-order valence-electron chi connectivity index (χ3n) is 5.67. The van der Waals surface area contributed by atoms with Crippen molar-refractivity contribution >= 4 is 23.2 Å². The summed E-state index contributed by atoms with van der Waals surface area (Å²) < 4.78 is 13.5. The molecule has 1 saturated carbocycles. The Hall–Kier alpha value is -2.21. The van der Waals surface area contributed by atoms with Crippen LogP contribution < -0.4 is 0 Å². The summed E-state index contributed by atoms with van der Waals surface area (Å²) in [6.07, 6.45) is 3.25. The van der Waals surface area contributed by atoms with Crippen molar-refractivity contribution in [3.63, 3.8) is 0 Å². The summed E-state index contributed by atoms with van der Waals surface area (Å²) in [5, 5.41) is 2.05. The Morgan fingerprint density at radius 3 is 2.59 bits per heavy atom. The molecule has 0 N–H and O–H groups in total. The molecule has 1 aliphatic carbocycles. The van der Waals surface area contributed by atoms with Crippen LogP contribution in [0, 0.1) is 11.7 Å². The van der Waals surface area contributed by atoms with Gasteiger partial charge in [0.05, 0.1) is 6.04 Å². The van der Waals surface area contributed by atoms with E-state index in [1.54, 1.807) is 28.4 Å². The number of amides is 2. The van der Waals surface area contributed by atoms with Gasteiger partial charge in [-0.15, -0.1) is 11.3 Å². The van der Waals surface area contributed by atoms with Crippen LogP contribution in [-0.2, 0) is 16.0 Å². The fourth-order valence-electron chi connectivity index (χ4n) is 4.10. The molecule has 6 heteroatoms. The first-order valence-electron chi connectivity index (χ1n) is 10.3. The first kappa shape index (κ1) is 20.1. The molecular formula is C23H27FN2O2S. The quantitative estimate of drug-likeness (QED) is 0.703. The van der Waals surface area contributed by atoms with Gasteiger partial charge in [0, 0.05) is 23.9 Å². The molecule has 0 radical (unpaired) electrons. The minimum atomic E-state index is -0.285. The van der Waals surface area contributed by atoms with Gasteiger partial charge in [-0.25, -0.2) is 4.39 Å². The Labute approximate surface area is 175 Å². The van der Waals surface area contributed by atoms with Gasteiger partial charge in [-0.3, -0.25) is 9.59 Å². The van der Waals surface area contributed by atoms with Crippen molar-refractivity contribution in [2.75, 3.05) is 13.1 Å². The normalized spacial score (nSPS) is 18.6. The molecule has 2 heterocycles. The van der Waals surface area contributed by atoms with Gasteiger partial charge in [0.1, 0.15) is 12.4 Å². The summed E-state index contributed by atoms with van der Waals surface area (Å²) in [5.74, 6) is 0.0314. The highest BCUT2D eigenvalue weighted by atomic mass is 32.1. The third kappa shape index (κ3) is 4.37. The van der Waals surface area contributed by atoms with Crippen molar-refractivity contribution in [3.8, 4) is 0 Å². The van der Waals surface area contributed by atoms with Crippen LogP contribution in [0.4, 0.5) is 4.39 Å². The average molecular weight is 415 g/mol. The van der Waals surface area contributed by atoms with Gasteiger partial charge in [-0.05, 0) is 59.9 Å². The van der Waals surface area contributed by atoms with Crippen LogP contribution in [0.3, 0.4) is 0 Å². The minimum Gasteiger partial charge on any atom is -0.330 e. The number of nitrogens with zero attached hydrogens (tertiary/aromatic N) is 2. The van der Waals surface area contributed by atoms with E-state index in [-0.39, 0.29) is 42.2 Å².